The standard InChI is InChI=1S/C19H20F4N4O/c20-15-6-4-14(5-7-15)18(28)24-8-9-26-10-12-27(13-11-26)17-3-1-2-16(25-17)19(21,22)23/h1-7H,8-13H2,(H,24,28). The fourth-order valence-electron chi connectivity index (χ4n) is 2.99. The van der Waals surface area contributed by atoms with Gasteiger partial charge in [-0.3, -0.25) is 9.69 Å². The highest BCUT2D eigenvalue weighted by molar-refractivity contribution is 5.94. The van der Waals surface area contributed by atoms with Gasteiger partial charge >= 0.3 is 6.18 Å². The number of halogens is 4. The minimum Gasteiger partial charge on any atom is -0.354 e. The molecule has 0 atom stereocenters. The molecule has 1 aromatic heterocycles. The lowest BCUT2D eigenvalue weighted by Crippen LogP contribution is -2.48. The van der Waals surface area contributed by atoms with Crippen LogP contribution in [0.2, 0.25) is 0 Å². The molecule has 2 aromatic rings. The zero-order chi connectivity index (χ0) is 20.1. The number of nitrogens with one attached hydrogen (secondary N) is 1. The van der Waals surface area contributed by atoms with E-state index in [9.17, 15) is 22.4 Å². The predicted molar refractivity (Wildman–Crippen MR) is 96.6 cm³/mol. The van der Waals surface area contributed by atoms with Crippen LogP contribution in [0.25, 0.3) is 0 Å². The number of amides is 1. The van der Waals surface area contributed by atoms with Crippen molar-refractivity contribution in [1.29, 1.82) is 0 Å². The summed E-state index contributed by atoms with van der Waals surface area (Å²) in [5, 5.41) is 2.78. The number of piperazine rings is 1. The fourth-order valence-corrected chi connectivity index (χ4v) is 2.99. The summed E-state index contributed by atoms with van der Waals surface area (Å²) in [6, 6.07) is 9.21. The Morgan fingerprint density at radius 2 is 1.71 bits per heavy atom. The van der Waals surface area contributed by atoms with E-state index in [-0.39, 0.29) is 5.91 Å². The number of rotatable bonds is 5. The average Bonchev–Trinajstić information content (AvgIpc) is 2.68. The molecule has 3 rings (SSSR count). The van der Waals surface area contributed by atoms with E-state index < -0.39 is 17.7 Å². The Labute approximate surface area is 160 Å². The summed E-state index contributed by atoms with van der Waals surface area (Å²) < 4.78 is 51.3. The van der Waals surface area contributed by atoms with Crippen molar-refractivity contribution in [3.8, 4) is 0 Å². The molecule has 9 heteroatoms. The van der Waals surface area contributed by atoms with Crippen molar-refractivity contribution in [3.05, 3.63) is 59.5 Å². The summed E-state index contributed by atoms with van der Waals surface area (Å²) in [5.41, 5.74) is -0.502. The van der Waals surface area contributed by atoms with Crippen molar-refractivity contribution in [2.75, 3.05) is 44.2 Å². The van der Waals surface area contributed by atoms with Gasteiger partial charge in [0.1, 0.15) is 17.3 Å². The molecule has 150 valence electrons. The van der Waals surface area contributed by atoms with Crippen LogP contribution in [-0.4, -0.2) is 55.1 Å². The second-order valence-corrected chi connectivity index (χ2v) is 6.47. The van der Waals surface area contributed by atoms with Gasteiger partial charge in [-0.15, -0.1) is 0 Å². The van der Waals surface area contributed by atoms with E-state index in [0.29, 0.717) is 50.6 Å². The molecule has 0 spiro atoms. The molecule has 0 unspecified atom stereocenters. The molecular weight excluding hydrogens is 376 g/mol. The Balaban J connectivity index is 1.44. The molecule has 0 bridgehead atoms. The van der Waals surface area contributed by atoms with E-state index in [1.807, 2.05) is 4.90 Å². The number of benzene rings is 1. The van der Waals surface area contributed by atoms with Gasteiger partial charge in [-0.25, -0.2) is 9.37 Å². The van der Waals surface area contributed by atoms with Crippen molar-refractivity contribution in [3.63, 3.8) is 0 Å². The monoisotopic (exact) mass is 396 g/mol. The maximum atomic E-state index is 12.9. The molecule has 1 aliphatic heterocycles. The summed E-state index contributed by atoms with van der Waals surface area (Å²) in [6.45, 7) is 3.48. The van der Waals surface area contributed by atoms with E-state index in [0.717, 1.165) is 6.07 Å². The summed E-state index contributed by atoms with van der Waals surface area (Å²) >= 11 is 0. The Morgan fingerprint density at radius 1 is 1.04 bits per heavy atom. The first kappa shape index (κ1) is 20.1. The normalized spacial score (nSPS) is 15.5. The smallest absolute Gasteiger partial charge is 0.354 e. The topological polar surface area (TPSA) is 48.5 Å². The number of carbonyl (C=O) groups excluding carboxylic acids is 1. The van der Waals surface area contributed by atoms with Crippen LogP contribution in [0.4, 0.5) is 23.4 Å². The van der Waals surface area contributed by atoms with E-state index in [2.05, 4.69) is 15.2 Å². The lowest BCUT2D eigenvalue weighted by Gasteiger charge is -2.35. The van der Waals surface area contributed by atoms with Crippen molar-refractivity contribution in [2.45, 2.75) is 6.18 Å². The highest BCUT2D eigenvalue weighted by Gasteiger charge is 2.33. The first-order valence-electron chi connectivity index (χ1n) is 8.88. The maximum absolute atomic E-state index is 12.9. The second kappa shape index (κ2) is 8.55. The molecule has 0 radical (unpaired) electrons. The summed E-state index contributed by atoms with van der Waals surface area (Å²) in [6.07, 6.45) is -4.46. The van der Waals surface area contributed by atoms with Gasteiger partial charge in [0.15, 0.2) is 0 Å². The largest absolute Gasteiger partial charge is 0.433 e. The molecule has 1 aliphatic rings. The van der Waals surface area contributed by atoms with Crippen LogP contribution in [0.5, 0.6) is 0 Å². The number of aromatic nitrogens is 1. The number of hydrogen-bond donors (Lipinski definition) is 1. The lowest BCUT2D eigenvalue weighted by atomic mass is 10.2. The third kappa shape index (κ3) is 5.19. The number of anilines is 1. The molecule has 1 fully saturated rings. The molecule has 1 N–H and O–H groups in total. The Kier molecular flexibility index (Phi) is 6.13. The number of carbonyl (C=O) groups is 1. The SMILES string of the molecule is O=C(NCCN1CCN(c2cccc(C(F)(F)F)n2)CC1)c1ccc(F)cc1. The fraction of sp³-hybridized carbons (Fsp3) is 0.368. The van der Waals surface area contributed by atoms with Crippen molar-refractivity contribution in [2.24, 2.45) is 0 Å². The first-order valence-corrected chi connectivity index (χ1v) is 8.88. The van der Waals surface area contributed by atoms with Crippen molar-refractivity contribution in [1.82, 2.24) is 15.2 Å². The van der Waals surface area contributed by atoms with Gasteiger partial charge < -0.3 is 10.2 Å². The third-order valence-electron chi connectivity index (χ3n) is 4.54. The highest BCUT2D eigenvalue weighted by Crippen LogP contribution is 2.29. The molecule has 1 amide bonds. The zero-order valence-corrected chi connectivity index (χ0v) is 15.0. The number of pyridine rings is 1. The van der Waals surface area contributed by atoms with Gasteiger partial charge in [-0.05, 0) is 36.4 Å². The Bertz CT molecular complexity index is 802. The minimum atomic E-state index is -4.46. The molecule has 2 heterocycles. The number of nitrogens with zero attached hydrogens (tertiary/aromatic N) is 3. The molecule has 1 saturated heterocycles. The van der Waals surface area contributed by atoms with E-state index >= 15 is 0 Å². The highest BCUT2D eigenvalue weighted by atomic mass is 19.4. The van der Waals surface area contributed by atoms with Crippen LogP contribution in [0.3, 0.4) is 0 Å². The first-order chi connectivity index (χ1) is 13.3. The Morgan fingerprint density at radius 3 is 2.36 bits per heavy atom. The van der Waals surface area contributed by atoms with Crippen LogP contribution >= 0.6 is 0 Å². The molecule has 28 heavy (non-hydrogen) atoms. The molecule has 0 aliphatic carbocycles. The minimum absolute atomic E-state index is 0.271. The second-order valence-electron chi connectivity index (χ2n) is 6.47. The van der Waals surface area contributed by atoms with Crippen LogP contribution in [-0.2, 0) is 6.18 Å². The number of alkyl halides is 3. The summed E-state index contributed by atoms with van der Waals surface area (Å²) in [4.78, 5) is 19.6. The Hall–Kier alpha value is -2.68. The van der Waals surface area contributed by atoms with Gasteiger partial charge in [0.05, 0.1) is 0 Å². The lowest BCUT2D eigenvalue weighted by molar-refractivity contribution is -0.141. The van der Waals surface area contributed by atoms with Crippen LogP contribution in [0.15, 0.2) is 42.5 Å². The van der Waals surface area contributed by atoms with Gasteiger partial charge in [-0.1, -0.05) is 6.07 Å². The van der Waals surface area contributed by atoms with E-state index in [1.54, 1.807) is 6.07 Å². The van der Waals surface area contributed by atoms with Crippen molar-refractivity contribution >= 4 is 11.7 Å². The molecule has 5 nitrogen and oxygen atoms in total. The van der Waals surface area contributed by atoms with E-state index in [4.69, 9.17) is 0 Å². The predicted octanol–water partition coefficient (Wildman–Crippen LogP) is 2.79. The maximum Gasteiger partial charge on any atom is 0.433 e. The molecule has 0 saturated carbocycles. The van der Waals surface area contributed by atoms with Crippen LogP contribution < -0.4 is 10.2 Å². The quantitative estimate of drug-likeness (QED) is 0.790. The van der Waals surface area contributed by atoms with Gasteiger partial charge in [0.25, 0.3) is 5.91 Å². The van der Waals surface area contributed by atoms with Gasteiger partial charge in [0.2, 0.25) is 0 Å². The average molecular weight is 396 g/mol. The van der Waals surface area contributed by atoms with Gasteiger partial charge in [0, 0.05) is 44.8 Å². The number of hydrogen-bond acceptors (Lipinski definition) is 4. The summed E-state index contributed by atoms with van der Waals surface area (Å²) in [5.74, 6) is -0.351. The third-order valence-corrected chi connectivity index (χ3v) is 4.54. The van der Waals surface area contributed by atoms with Crippen LogP contribution in [0.1, 0.15) is 16.1 Å². The molecular formula is C19H20F4N4O. The van der Waals surface area contributed by atoms with Crippen LogP contribution in [0, 0.1) is 5.82 Å². The zero-order valence-electron chi connectivity index (χ0n) is 15.0. The summed E-state index contributed by atoms with van der Waals surface area (Å²) in [7, 11) is 0. The van der Waals surface area contributed by atoms with Gasteiger partial charge in [-0.2, -0.15) is 13.2 Å². The van der Waals surface area contributed by atoms with E-state index in [1.165, 1.54) is 30.3 Å². The molecule has 1 aromatic carbocycles. The van der Waals surface area contributed by atoms with Crippen molar-refractivity contribution < 1.29 is 22.4 Å².